The highest BCUT2D eigenvalue weighted by Crippen LogP contribution is 2.06. The minimum Gasteiger partial charge on any atom is -0.444 e. The van der Waals surface area contributed by atoms with Crippen LogP contribution in [0, 0.1) is 5.41 Å². The number of carbonyl (C=O) groups is 1. The quantitative estimate of drug-likeness (QED) is 0.373. The Labute approximate surface area is 110 Å². The fourth-order valence-corrected chi connectivity index (χ4v) is 1.38. The lowest BCUT2D eigenvalue weighted by Gasteiger charge is -2.19. The number of ether oxygens (including phenoxy) is 1. The van der Waals surface area contributed by atoms with E-state index in [1.54, 1.807) is 6.92 Å². The van der Waals surface area contributed by atoms with Gasteiger partial charge >= 0.3 is 6.09 Å². The molecule has 5 heteroatoms. The minimum absolute atomic E-state index is 0.344. The Balaban J connectivity index is 3.30. The monoisotopic (exact) mass is 257 g/mol. The molecule has 0 rings (SSSR count). The number of hydrogen-bond donors (Lipinski definition) is 3. The predicted octanol–water partition coefficient (Wildman–Crippen LogP) is 2.66. The summed E-state index contributed by atoms with van der Waals surface area (Å²) in [6.07, 6.45) is 3.86. The largest absolute Gasteiger partial charge is 0.444 e. The van der Waals surface area contributed by atoms with E-state index < -0.39 is 5.60 Å². The van der Waals surface area contributed by atoms with Crippen LogP contribution in [0.1, 0.15) is 53.4 Å². The van der Waals surface area contributed by atoms with Gasteiger partial charge < -0.3 is 15.4 Å². The molecule has 0 aromatic rings. The van der Waals surface area contributed by atoms with Gasteiger partial charge in [-0.2, -0.15) is 0 Å². The number of alkyl carbamates (subject to hydrolysis) is 1. The molecule has 5 nitrogen and oxygen atoms in total. The fourth-order valence-electron chi connectivity index (χ4n) is 1.38. The van der Waals surface area contributed by atoms with Crippen molar-refractivity contribution >= 4 is 11.9 Å². The van der Waals surface area contributed by atoms with Crippen molar-refractivity contribution in [1.82, 2.24) is 10.6 Å². The van der Waals surface area contributed by atoms with Crippen LogP contribution in [0.15, 0.2) is 0 Å². The zero-order chi connectivity index (χ0) is 14.0. The molecule has 0 saturated heterocycles. The summed E-state index contributed by atoms with van der Waals surface area (Å²) in [4.78, 5) is 11.3. The van der Waals surface area contributed by atoms with Gasteiger partial charge in [-0.25, -0.2) is 4.79 Å². The maximum Gasteiger partial charge on any atom is 0.407 e. The van der Waals surface area contributed by atoms with Crippen molar-refractivity contribution in [1.29, 1.82) is 5.41 Å². The lowest BCUT2D eigenvalue weighted by atomic mass is 10.2. The zero-order valence-corrected chi connectivity index (χ0v) is 12.1. The number of carbonyl (C=O) groups excluding carboxylic acids is 1. The van der Waals surface area contributed by atoms with Gasteiger partial charge in [0, 0.05) is 13.1 Å². The molecule has 0 aromatic heterocycles. The van der Waals surface area contributed by atoms with Crippen LogP contribution in [0.5, 0.6) is 0 Å². The Morgan fingerprint density at radius 2 is 1.56 bits per heavy atom. The van der Waals surface area contributed by atoms with E-state index in [1.165, 1.54) is 0 Å². The first kappa shape index (κ1) is 16.7. The zero-order valence-electron chi connectivity index (χ0n) is 12.1. The third kappa shape index (κ3) is 12.8. The molecule has 0 fully saturated rings. The van der Waals surface area contributed by atoms with E-state index in [-0.39, 0.29) is 6.09 Å². The third-order valence-corrected chi connectivity index (χ3v) is 2.16. The van der Waals surface area contributed by atoms with Crippen LogP contribution in [-0.4, -0.2) is 30.6 Å². The Kier molecular flexibility index (Phi) is 8.16. The number of unbranched alkanes of at least 4 members (excludes halogenated alkanes) is 3. The second kappa shape index (κ2) is 8.78. The maximum absolute atomic E-state index is 11.3. The molecule has 0 aliphatic rings. The summed E-state index contributed by atoms with van der Waals surface area (Å²) in [5.74, 6) is 0.515. The topological polar surface area (TPSA) is 74.2 Å². The molecule has 106 valence electrons. The van der Waals surface area contributed by atoms with E-state index in [9.17, 15) is 4.79 Å². The van der Waals surface area contributed by atoms with Crippen molar-refractivity contribution in [3.63, 3.8) is 0 Å². The van der Waals surface area contributed by atoms with Gasteiger partial charge in [-0.15, -0.1) is 0 Å². The summed E-state index contributed by atoms with van der Waals surface area (Å²) in [5.41, 5.74) is -0.430. The normalized spacial score (nSPS) is 10.9. The molecule has 0 unspecified atom stereocenters. The van der Waals surface area contributed by atoms with Gasteiger partial charge in [0.05, 0.1) is 5.84 Å². The van der Waals surface area contributed by atoms with Crippen molar-refractivity contribution in [3.05, 3.63) is 0 Å². The first-order valence-electron chi connectivity index (χ1n) is 6.57. The number of amides is 1. The lowest BCUT2D eigenvalue weighted by molar-refractivity contribution is 0.0527. The van der Waals surface area contributed by atoms with Gasteiger partial charge in [0.2, 0.25) is 0 Å². The van der Waals surface area contributed by atoms with Crippen molar-refractivity contribution in [2.24, 2.45) is 0 Å². The molecule has 0 saturated carbocycles. The van der Waals surface area contributed by atoms with E-state index in [1.807, 2.05) is 20.8 Å². The van der Waals surface area contributed by atoms with Crippen LogP contribution in [0.25, 0.3) is 0 Å². The van der Waals surface area contributed by atoms with Crippen LogP contribution < -0.4 is 10.6 Å². The van der Waals surface area contributed by atoms with E-state index >= 15 is 0 Å². The molecule has 0 aliphatic heterocycles. The average Bonchev–Trinajstić information content (AvgIpc) is 2.18. The van der Waals surface area contributed by atoms with Crippen molar-refractivity contribution in [3.8, 4) is 0 Å². The van der Waals surface area contributed by atoms with Crippen LogP contribution >= 0.6 is 0 Å². The van der Waals surface area contributed by atoms with E-state index in [4.69, 9.17) is 10.1 Å². The second-order valence-electron chi connectivity index (χ2n) is 5.39. The summed E-state index contributed by atoms with van der Waals surface area (Å²) >= 11 is 0. The standard InChI is InChI=1S/C13H27N3O2/c1-11(14)15-9-7-5-6-8-10-16-12(17)18-13(2,3)4/h5-10H2,1-4H3,(H2,14,15)(H,16,17). The molecule has 0 heterocycles. The molecule has 1 amide bonds. The highest BCUT2D eigenvalue weighted by Gasteiger charge is 2.15. The van der Waals surface area contributed by atoms with Crippen LogP contribution in [0.2, 0.25) is 0 Å². The number of rotatable bonds is 7. The Hall–Kier alpha value is -1.26. The Morgan fingerprint density at radius 1 is 1.06 bits per heavy atom. The van der Waals surface area contributed by atoms with E-state index in [2.05, 4.69) is 10.6 Å². The van der Waals surface area contributed by atoms with Crippen molar-refractivity contribution < 1.29 is 9.53 Å². The molecule has 0 aromatic carbocycles. The molecule has 0 spiro atoms. The minimum atomic E-state index is -0.430. The molecule has 0 atom stereocenters. The van der Waals surface area contributed by atoms with Crippen LogP contribution in [0.4, 0.5) is 4.79 Å². The second-order valence-corrected chi connectivity index (χ2v) is 5.39. The van der Waals surface area contributed by atoms with Gasteiger partial charge in [-0.3, -0.25) is 5.41 Å². The van der Waals surface area contributed by atoms with Gasteiger partial charge in [0.1, 0.15) is 5.60 Å². The smallest absolute Gasteiger partial charge is 0.407 e. The van der Waals surface area contributed by atoms with Gasteiger partial charge in [-0.1, -0.05) is 12.8 Å². The average molecular weight is 257 g/mol. The van der Waals surface area contributed by atoms with Crippen molar-refractivity contribution in [2.75, 3.05) is 13.1 Å². The summed E-state index contributed by atoms with van der Waals surface area (Å²) in [6, 6.07) is 0. The fraction of sp³-hybridized carbons (Fsp3) is 0.846. The molecule has 0 radical (unpaired) electrons. The molecule has 0 aliphatic carbocycles. The highest BCUT2D eigenvalue weighted by molar-refractivity contribution is 5.75. The number of hydrogen-bond acceptors (Lipinski definition) is 3. The van der Waals surface area contributed by atoms with Gasteiger partial charge in [-0.05, 0) is 40.5 Å². The van der Waals surface area contributed by atoms with Crippen LogP contribution in [-0.2, 0) is 4.74 Å². The van der Waals surface area contributed by atoms with Gasteiger partial charge in [0.15, 0.2) is 0 Å². The highest BCUT2D eigenvalue weighted by atomic mass is 16.6. The number of nitrogens with one attached hydrogen (secondary N) is 3. The Morgan fingerprint density at radius 3 is 2.00 bits per heavy atom. The molecular weight excluding hydrogens is 230 g/mol. The molecular formula is C13H27N3O2. The first-order valence-corrected chi connectivity index (χ1v) is 6.57. The molecule has 3 N–H and O–H groups in total. The van der Waals surface area contributed by atoms with E-state index in [0.717, 1.165) is 32.2 Å². The molecule has 18 heavy (non-hydrogen) atoms. The lowest BCUT2D eigenvalue weighted by Crippen LogP contribution is -2.33. The summed E-state index contributed by atoms with van der Waals surface area (Å²) in [6.45, 7) is 8.81. The van der Waals surface area contributed by atoms with Crippen LogP contribution in [0.3, 0.4) is 0 Å². The summed E-state index contributed by atoms with van der Waals surface area (Å²) in [5, 5.41) is 12.9. The summed E-state index contributed by atoms with van der Waals surface area (Å²) in [7, 11) is 0. The van der Waals surface area contributed by atoms with Gasteiger partial charge in [0.25, 0.3) is 0 Å². The Bertz CT molecular complexity index is 259. The predicted molar refractivity (Wildman–Crippen MR) is 74.1 cm³/mol. The maximum atomic E-state index is 11.3. The third-order valence-electron chi connectivity index (χ3n) is 2.16. The summed E-state index contributed by atoms with van der Waals surface area (Å²) < 4.78 is 5.13. The first-order chi connectivity index (χ1) is 8.31. The molecule has 0 bridgehead atoms. The SMILES string of the molecule is CC(=N)NCCCCCCNC(=O)OC(C)(C)C. The number of amidine groups is 1. The van der Waals surface area contributed by atoms with Crippen molar-refractivity contribution in [2.45, 2.75) is 59.0 Å². The van der Waals surface area contributed by atoms with E-state index in [0.29, 0.717) is 12.4 Å².